The first-order valence-corrected chi connectivity index (χ1v) is 18.3. The Balaban J connectivity index is 1.65. The van der Waals surface area contributed by atoms with Gasteiger partial charge in [0.2, 0.25) is 5.60 Å². The van der Waals surface area contributed by atoms with E-state index >= 15 is 0 Å². The summed E-state index contributed by atoms with van der Waals surface area (Å²) >= 11 is 0. The van der Waals surface area contributed by atoms with Crippen LogP contribution in [0, 0.1) is 23.2 Å². The molecule has 53 heavy (non-hydrogen) atoms. The summed E-state index contributed by atoms with van der Waals surface area (Å²) in [5, 5.41) is 32.2. The standard InChI is InChI=1S/C37H54N6O10/c1-9-10-17-50-36(7,8)33(47)42-31-24-15-16-26(43(24)40-21-39-31)37(20-38)30(45)29(25(52-37)19-49-27(44)18-23-13-11-12-14-23)51-32(46)28(22(2)3)41-34(48)53-35(4,5)6/h15-16,21-23,25,28-30,45H,9-14,17-19H2,1-8H3,(H,41,48)(H,39,40,42,47)/t25-,28+,29-,30-,37+/m1/s1. The summed E-state index contributed by atoms with van der Waals surface area (Å²) in [5.74, 6) is -2.04. The van der Waals surface area contributed by atoms with Crippen LogP contribution in [0.1, 0.15) is 106 Å². The maximum atomic E-state index is 13.7. The molecule has 3 N–H and O–H groups in total. The molecule has 0 bridgehead atoms. The van der Waals surface area contributed by atoms with Crippen molar-refractivity contribution in [2.75, 3.05) is 18.5 Å². The number of hydrogen-bond donors (Lipinski definition) is 3. The van der Waals surface area contributed by atoms with Crippen molar-refractivity contribution in [3.8, 4) is 6.07 Å². The van der Waals surface area contributed by atoms with E-state index in [1.807, 2.05) is 13.0 Å². The summed E-state index contributed by atoms with van der Waals surface area (Å²) < 4.78 is 30.1. The van der Waals surface area contributed by atoms with Crippen molar-refractivity contribution < 1.29 is 48.0 Å². The highest BCUT2D eigenvalue weighted by molar-refractivity contribution is 5.98. The molecule has 1 aliphatic carbocycles. The number of carbonyl (C=O) groups excluding carboxylic acids is 4. The van der Waals surface area contributed by atoms with E-state index < -0.39 is 77.6 Å². The van der Waals surface area contributed by atoms with Crippen LogP contribution < -0.4 is 10.6 Å². The lowest BCUT2D eigenvalue weighted by atomic mass is 9.92. The van der Waals surface area contributed by atoms with Crippen molar-refractivity contribution in [2.24, 2.45) is 11.8 Å². The van der Waals surface area contributed by atoms with E-state index in [0.29, 0.717) is 6.61 Å². The van der Waals surface area contributed by atoms with Crippen LogP contribution in [0.15, 0.2) is 18.5 Å². The van der Waals surface area contributed by atoms with Crippen LogP contribution in [0.5, 0.6) is 0 Å². The molecular formula is C37H54N6O10. The van der Waals surface area contributed by atoms with E-state index in [1.54, 1.807) is 54.5 Å². The lowest BCUT2D eigenvalue weighted by Gasteiger charge is -2.28. The Morgan fingerprint density at radius 2 is 1.85 bits per heavy atom. The summed E-state index contributed by atoms with van der Waals surface area (Å²) in [6.07, 6.45) is 1.45. The SMILES string of the molecule is CCCCOC(C)(C)C(=O)Nc1ncnn2c([C@]3(C#N)O[C@H](COC(=O)CC4CCCC4)[C@@H](OC(=O)[C@@H](NC(=O)OC(C)(C)C)C(C)C)[C@H]3O)ccc12. The number of nitrogens with one attached hydrogen (secondary N) is 2. The summed E-state index contributed by atoms with van der Waals surface area (Å²) in [6, 6.07) is 3.85. The van der Waals surface area contributed by atoms with Gasteiger partial charge in [-0.05, 0) is 77.8 Å². The van der Waals surface area contributed by atoms with E-state index in [1.165, 1.54) is 16.9 Å². The van der Waals surface area contributed by atoms with Gasteiger partial charge < -0.3 is 39.4 Å². The molecule has 292 valence electrons. The molecule has 0 unspecified atom stereocenters. The first-order chi connectivity index (χ1) is 24.9. The fraction of sp³-hybridized carbons (Fsp3) is 0.703. The fourth-order valence-corrected chi connectivity index (χ4v) is 6.37. The van der Waals surface area contributed by atoms with Gasteiger partial charge in [0, 0.05) is 13.0 Å². The van der Waals surface area contributed by atoms with E-state index in [0.717, 1.165) is 38.5 Å². The Morgan fingerprint density at radius 1 is 1.15 bits per heavy atom. The average Bonchev–Trinajstić information content (AvgIpc) is 3.81. The first kappa shape index (κ1) is 41.4. The number of aliphatic hydroxyl groups excluding tert-OH is 1. The minimum Gasteiger partial charge on any atom is -0.463 e. The number of amides is 2. The zero-order valence-corrected chi connectivity index (χ0v) is 32.0. The molecule has 4 rings (SSSR count). The van der Waals surface area contributed by atoms with Gasteiger partial charge in [0.25, 0.3) is 5.91 Å². The van der Waals surface area contributed by atoms with Crippen molar-refractivity contribution in [1.82, 2.24) is 19.9 Å². The number of rotatable bonds is 15. The number of nitriles is 1. The number of anilines is 1. The summed E-state index contributed by atoms with van der Waals surface area (Å²) in [4.78, 5) is 56.6. The van der Waals surface area contributed by atoms with Gasteiger partial charge in [0.15, 0.2) is 11.9 Å². The van der Waals surface area contributed by atoms with Gasteiger partial charge >= 0.3 is 18.0 Å². The lowest BCUT2D eigenvalue weighted by Crippen LogP contribution is -2.50. The van der Waals surface area contributed by atoms with Crippen LogP contribution in [0.3, 0.4) is 0 Å². The molecule has 2 fully saturated rings. The minimum absolute atomic E-state index is 0.0342. The number of fused-ring (bicyclic) bond motifs is 1. The molecular weight excluding hydrogens is 688 g/mol. The maximum absolute atomic E-state index is 13.7. The molecule has 16 nitrogen and oxygen atoms in total. The molecule has 0 radical (unpaired) electrons. The zero-order valence-electron chi connectivity index (χ0n) is 32.0. The third-order valence-electron chi connectivity index (χ3n) is 9.35. The van der Waals surface area contributed by atoms with Crippen LogP contribution in [0.2, 0.25) is 0 Å². The molecule has 1 saturated carbocycles. The van der Waals surface area contributed by atoms with Gasteiger partial charge in [-0.1, -0.05) is 40.0 Å². The lowest BCUT2D eigenvalue weighted by molar-refractivity contribution is -0.163. The molecule has 2 aromatic heterocycles. The topological polar surface area (TPSA) is 213 Å². The number of ether oxygens (including phenoxy) is 5. The smallest absolute Gasteiger partial charge is 0.408 e. The van der Waals surface area contributed by atoms with Gasteiger partial charge in [-0.15, -0.1) is 0 Å². The second-order valence-corrected chi connectivity index (χ2v) is 15.5. The molecule has 16 heteroatoms. The van der Waals surface area contributed by atoms with E-state index in [4.69, 9.17) is 23.7 Å². The normalized spacial score (nSPS) is 22.7. The van der Waals surface area contributed by atoms with E-state index in [-0.39, 0.29) is 29.4 Å². The van der Waals surface area contributed by atoms with Gasteiger partial charge in [-0.3, -0.25) is 9.59 Å². The number of nitrogens with zero attached hydrogens (tertiary/aromatic N) is 4. The third kappa shape index (κ3) is 10.0. The molecule has 0 spiro atoms. The molecule has 0 aromatic carbocycles. The van der Waals surface area contributed by atoms with Crippen molar-refractivity contribution in [3.63, 3.8) is 0 Å². The maximum Gasteiger partial charge on any atom is 0.408 e. The fourth-order valence-electron chi connectivity index (χ4n) is 6.37. The number of hydrogen-bond acceptors (Lipinski definition) is 13. The highest BCUT2D eigenvalue weighted by Crippen LogP contribution is 2.42. The Morgan fingerprint density at radius 3 is 2.47 bits per heavy atom. The molecule has 2 aromatic rings. The number of alkyl carbamates (subject to hydrolysis) is 1. The van der Waals surface area contributed by atoms with Gasteiger partial charge in [-0.25, -0.2) is 19.1 Å². The summed E-state index contributed by atoms with van der Waals surface area (Å²) in [5.41, 5.74) is -3.92. The van der Waals surface area contributed by atoms with Crippen molar-refractivity contribution in [3.05, 3.63) is 24.2 Å². The predicted molar refractivity (Wildman–Crippen MR) is 190 cm³/mol. The van der Waals surface area contributed by atoms with Crippen LogP contribution in [0.4, 0.5) is 10.6 Å². The molecule has 2 amide bonds. The van der Waals surface area contributed by atoms with Crippen LogP contribution in [-0.4, -0.2) is 92.4 Å². The molecule has 2 aliphatic rings. The molecule has 1 saturated heterocycles. The Kier molecular flexibility index (Phi) is 13.5. The Bertz CT molecular complexity index is 1660. The summed E-state index contributed by atoms with van der Waals surface area (Å²) in [7, 11) is 0. The number of carbonyl (C=O) groups is 4. The van der Waals surface area contributed by atoms with Crippen molar-refractivity contribution >= 4 is 35.3 Å². The van der Waals surface area contributed by atoms with Crippen LogP contribution in [0.25, 0.3) is 5.52 Å². The zero-order chi connectivity index (χ0) is 39.1. The third-order valence-corrected chi connectivity index (χ3v) is 9.35. The summed E-state index contributed by atoms with van der Waals surface area (Å²) in [6.45, 7) is 13.7. The second kappa shape index (κ2) is 17.2. The number of aliphatic hydroxyl groups is 1. The van der Waals surface area contributed by atoms with Crippen molar-refractivity contribution in [1.29, 1.82) is 5.26 Å². The Hall–Kier alpha value is -4.33. The van der Waals surface area contributed by atoms with Crippen LogP contribution in [-0.2, 0) is 43.7 Å². The highest BCUT2D eigenvalue weighted by atomic mass is 16.6. The van der Waals surface area contributed by atoms with Gasteiger partial charge in [-0.2, -0.15) is 10.4 Å². The highest BCUT2D eigenvalue weighted by Gasteiger charge is 2.60. The molecule has 1 aliphatic heterocycles. The predicted octanol–water partition coefficient (Wildman–Crippen LogP) is 4.33. The quantitative estimate of drug-likeness (QED) is 0.132. The number of esters is 2. The monoisotopic (exact) mass is 742 g/mol. The van der Waals surface area contributed by atoms with Gasteiger partial charge in [0.05, 0.1) is 5.69 Å². The second-order valence-electron chi connectivity index (χ2n) is 15.5. The first-order valence-electron chi connectivity index (χ1n) is 18.3. The number of aromatic nitrogens is 3. The Labute approximate surface area is 310 Å². The molecule has 3 heterocycles. The van der Waals surface area contributed by atoms with Crippen molar-refractivity contribution in [2.45, 2.75) is 141 Å². The van der Waals surface area contributed by atoms with E-state index in [9.17, 15) is 29.5 Å². The number of unbranched alkanes of at least 4 members (excludes halogenated alkanes) is 1. The minimum atomic E-state index is -2.20. The molecule has 5 atom stereocenters. The largest absolute Gasteiger partial charge is 0.463 e. The van der Waals surface area contributed by atoms with Gasteiger partial charge in [0.1, 0.15) is 54.0 Å². The van der Waals surface area contributed by atoms with Crippen LogP contribution >= 0.6 is 0 Å². The average molecular weight is 743 g/mol. The van der Waals surface area contributed by atoms with E-state index in [2.05, 4.69) is 20.7 Å².